The normalized spacial score (nSPS) is 10.6. The third kappa shape index (κ3) is 4.92. The van der Waals surface area contributed by atoms with Gasteiger partial charge in [-0.2, -0.15) is 0 Å². The summed E-state index contributed by atoms with van der Waals surface area (Å²) in [6, 6.07) is 11.7. The molecule has 0 fully saturated rings. The molecule has 3 N–H and O–H groups in total. The summed E-state index contributed by atoms with van der Waals surface area (Å²) in [5.41, 5.74) is 3.00. The van der Waals surface area contributed by atoms with Crippen molar-refractivity contribution in [1.29, 1.82) is 0 Å². The van der Waals surface area contributed by atoms with E-state index in [1.165, 1.54) is 10.9 Å². The second-order valence-electron chi connectivity index (χ2n) is 6.10. The SMILES string of the molecule is O=C(CCCc1c[nH]c2ccccc12)NCCC(=O)Nc1cccnc1. The number of H-pyrrole nitrogens is 1. The van der Waals surface area contributed by atoms with Crippen LogP contribution in [-0.4, -0.2) is 28.3 Å². The first-order valence-electron chi connectivity index (χ1n) is 8.74. The Labute approximate surface area is 152 Å². The van der Waals surface area contributed by atoms with E-state index in [4.69, 9.17) is 0 Å². The van der Waals surface area contributed by atoms with Crippen molar-refractivity contribution in [1.82, 2.24) is 15.3 Å². The van der Waals surface area contributed by atoms with Gasteiger partial charge in [-0.3, -0.25) is 14.6 Å². The summed E-state index contributed by atoms with van der Waals surface area (Å²) in [6.07, 6.45) is 7.54. The number of carbonyl (C=O) groups is 2. The highest BCUT2D eigenvalue weighted by Gasteiger charge is 2.07. The molecule has 0 aliphatic carbocycles. The molecule has 0 aliphatic rings. The van der Waals surface area contributed by atoms with Gasteiger partial charge in [0, 0.05) is 42.7 Å². The predicted molar refractivity (Wildman–Crippen MR) is 102 cm³/mol. The molecule has 0 atom stereocenters. The number of benzene rings is 1. The number of para-hydroxylation sites is 1. The van der Waals surface area contributed by atoms with E-state index in [-0.39, 0.29) is 18.2 Å². The number of nitrogens with zero attached hydrogens (tertiary/aromatic N) is 1. The maximum atomic E-state index is 11.9. The Hall–Kier alpha value is -3.15. The lowest BCUT2D eigenvalue weighted by molar-refractivity contribution is -0.121. The molecule has 1 aromatic carbocycles. The average Bonchev–Trinajstić information content (AvgIpc) is 3.06. The molecule has 134 valence electrons. The molecule has 0 aliphatic heterocycles. The fraction of sp³-hybridized carbons (Fsp3) is 0.250. The monoisotopic (exact) mass is 350 g/mol. The number of amides is 2. The van der Waals surface area contributed by atoms with Gasteiger partial charge in [0.25, 0.3) is 0 Å². The number of fused-ring (bicyclic) bond motifs is 1. The molecular weight excluding hydrogens is 328 g/mol. The number of aryl methyl sites for hydroxylation is 1. The molecule has 0 unspecified atom stereocenters. The van der Waals surface area contributed by atoms with Crippen LogP contribution in [0.1, 0.15) is 24.8 Å². The van der Waals surface area contributed by atoms with Gasteiger partial charge in [0.1, 0.15) is 0 Å². The molecule has 2 aromatic heterocycles. The molecule has 3 rings (SSSR count). The summed E-state index contributed by atoms with van der Waals surface area (Å²) >= 11 is 0. The van der Waals surface area contributed by atoms with Crippen LogP contribution in [-0.2, 0) is 16.0 Å². The number of aromatic amines is 1. The summed E-state index contributed by atoms with van der Waals surface area (Å²) in [6.45, 7) is 0.331. The van der Waals surface area contributed by atoms with E-state index in [1.54, 1.807) is 24.5 Å². The third-order valence-electron chi connectivity index (χ3n) is 4.14. The molecule has 2 amide bonds. The van der Waals surface area contributed by atoms with Gasteiger partial charge in [-0.05, 0) is 36.6 Å². The Morgan fingerprint density at radius 1 is 1.04 bits per heavy atom. The third-order valence-corrected chi connectivity index (χ3v) is 4.14. The Morgan fingerprint density at radius 2 is 1.92 bits per heavy atom. The number of rotatable bonds is 8. The van der Waals surface area contributed by atoms with E-state index in [0.717, 1.165) is 18.4 Å². The van der Waals surface area contributed by atoms with Crippen molar-refractivity contribution in [2.45, 2.75) is 25.7 Å². The van der Waals surface area contributed by atoms with Crippen LogP contribution in [0.15, 0.2) is 55.0 Å². The number of carbonyl (C=O) groups excluding carboxylic acids is 2. The van der Waals surface area contributed by atoms with Crippen LogP contribution in [0.2, 0.25) is 0 Å². The zero-order valence-electron chi connectivity index (χ0n) is 14.5. The first kappa shape index (κ1) is 17.7. The van der Waals surface area contributed by atoms with Crippen molar-refractivity contribution >= 4 is 28.4 Å². The number of aromatic nitrogens is 2. The quantitative estimate of drug-likeness (QED) is 0.583. The van der Waals surface area contributed by atoms with Crippen molar-refractivity contribution in [2.24, 2.45) is 0 Å². The molecule has 2 heterocycles. The molecule has 0 spiro atoms. The molecule has 3 aromatic rings. The van der Waals surface area contributed by atoms with E-state index in [0.29, 0.717) is 18.7 Å². The van der Waals surface area contributed by atoms with E-state index in [1.807, 2.05) is 24.4 Å². The Morgan fingerprint density at radius 3 is 2.77 bits per heavy atom. The summed E-state index contributed by atoms with van der Waals surface area (Å²) in [4.78, 5) is 30.9. The van der Waals surface area contributed by atoms with Crippen LogP contribution in [0.25, 0.3) is 10.9 Å². The van der Waals surface area contributed by atoms with Gasteiger partial charge in [0.2, 0.25) is 11.8 Å². The van der Waals surface area contributed by atoms with Crippen LogP contribution in [0.3, 0.4) is 0 Å². The molecule has 0 saturated carbocycles. The maximum Gasteiger partial charge on any atom is 0.226 e. The summed E-state index contributed by atoms with van der Waals surface area (Å²) in [5.74, 6) is -0.170. The van der Waals surface area contributed by atoms with Crippen molar-refractivity contribution in [3.8, 4) is 0 Å². The fourth-order valence-corrected chi connectivity index (χ4v) is 2.84. The van der Waals surface area contributed by atoms with Gasteiger partial charge in [0.15, 0.2) is 0 Å². The van der Waals surface area contributed by atoms with Crippen LogP contribution in [0.4, 0.5) is 5.69 Å². The van der Waals surface area contributed by atoms with E-state index < -0.39 is 0 Å². The summed E-state index contributed by atoms with van der Waals surface area (Å²) in [7, 11) is 0. The molecule has 6 heteroatoms. The van der Waals surface area contributed by atoms with Gasteiger partial charge in [-0.1, -0.05) is 18.2 Å². The summed E-state index contributed by atoms with van der Waals surface area (Å²) in [5, 5.41) is 6.74. The minimum absolute atomic E-state index is 0.0287. The Bertz CT molecular complexity index is 874. The smallest absolute Gasteiger partial charge is 0.226 e. The zero-order valence-corrected chi connectivity index (χ0v) is 14.5. The zero-order chi connectivity index (χ0) is 18.2. The topological polar surface area (TPSA) is 86.9 Å². The lowest BCUT2D eigenvalue weighted by Gasteiger charge is -2.06. The van der Waals surface area contributed by atoms with E-state index in [9.17, 15) is 9.59 Å². The van der Waals surface area contributed by atoms with Crippen molar-refractivity contribution < 1.29 is 9.59 Å². The Kier molecular flexibility index (Phi) is 5.98. The predicted octanol–water partition coefficient (Wildman–Crippen LogP) is 3.03. The number of hydrogen-bond donors (Lipinski definition) is 3. The molecule has 0 saturated heterocycles. The summed E-state index contributed by atoms with van der Waals surface area (Å²) < 4.78 is 0. The van der Waals surface area contributed by atoms with Gasteiger partial charge in [-0.15, -0.1) is 0 Å². The average molecular weight is 350 g/mol. The van der Waals surface area contributed by atoms with Gasteiger partial charge < -0.3 is 15.6 Å². The second kappa shape index (κ2) is 8.80. The number of pyridine rings is 1. The van der Waals surface area contributed by atoms with E-state index in [2.05, 4.69) is 26.7 Å². The first-order chi connectivity index (χ1) is 12.7. The van der Waals surface area contributed by atoms with Gasteiger partial charge in [0.05, 0.1) is 11.9 Å². The van der Waals surface area contributed by atoms with Crippen LogP contribution in [0, 0.1) is 0 Å². The minimum Gasteiger partial charge on any atom is -0.361 e. The molecule has 0 bridgehead atoms. The fourth-order valence-electron chi connectivity index (χ4n) is 2.84. The highest BCUT2D eigenvalue weighted by Crippen LogP contribution is 2.19. The van der Waals surface area contributed by atoms with Crippen LogP contribution in [0.5, 0.6) is 0 Å². The van der Waals surface area contributed by atoms with E-state index >= 15 is 0 Å². The maximum absolute atomic E-state index is 11.9. The highest BCUT2D eigenvalue weighted by molar-refractivity contribution is 5.91. The number of hydrogen-bond acceptors (Lipinski definition) is 3. The lowest BCUT2D eigenvalue weighted by atomic mass is 10.1. The van der Waals surface area contributed by atoms with Crippen molar-refractivity contribution in [2.75, 3.05) is 11.9 Å². The number of nitrogens with one attached hydrogen (secondary N) is 3. The molecule has 26 heavy (non-hydrogen) atoms. The van der Waals surface area contributed by atoms with Crippen molar-refractivity contribution in [3.63, 3.8) is 0 Å². The molecule has 6 nitrogen and oxygen atoms in total. The van der Waals surface area contributed by atoms with Gasteiger partial charge >= 0.3 is 0 Å². The largest absolute Gasteiger partial charge is 0.361 e. The standard InChI is InChI=1S/C20H22N4O2/c25-19(22-12-10-20(26)24-16-6-4-11-21-14-16)9-3-5-15-13-23-18-8-2-1-7-17(15)18/h1-2,4,6-8,11,13-14,23H,3,5,9-10,12H2,(H,22,25)(H,24,26). The lowest BCUT2D eigenvalue weighted by Crippen LogP contribution is -2.27. The van der Waals surface area contributed by atoms with Gasteiger partial charge in [-0.25, -0.2) is 0 Å². The highest BCUT2D eigenvalue weighted by atomic mass is 16.2. The van der Waals surface area contributed by atoms with Crippen molar-refractivity contribution in [3.05, 3.63) is 60.6 Å². The second-order valence-corrected chi connectivity index (χ2v) is 6.10. The first-order valence-corrected chi connectivity index (χ1v) is 8.74. The van der Waals surface area contributed by atoms with Crippen LogP contribution >= 0.6 is 0 Å². The molecular formula is C20H22N4O2. The number of anilines is 1. The minimum atomic E-state index is -0.142. The Balaban J connectivity index is 1.33. The van der Waals surface area contributed by atoms with Crippen LogP contribution < -0.4 is 10.6 Å². The molecule has 0 radical (unpaired) electrons.